The van der Waals surface area contributed by atoms with E-state index in [-0.39, 0.29) is 12.0 Å². The fourth-order valence-electron chi connectivity index (χ4n) is 4.63. The van der Waals surface area contributed by atoms with Gasteiger partial charge in [-0.15, -0.1) is 0 Å². The Bertz CT molecular complexity index is 1250. The quantitative estimate of drug-likeness (QED) is 0.484. The van der Waals surface area contributed by atoms with Gasteiger partial charge in [0.1, 0.15) is 17.4 Å². The van der Waals surface area contributed by atoms with Crippen molar-refractivity contribution < 1.29 is 14.6 Å². The summed E-state index contributed by atoms with van der Waals surface area (Å²) >= 11 is 0. The second-order valence-corrected chi connectivity index (χ2v) is 8.88. The molecule has 6 nitrogen and oxygen atoms in total. The van der Waals surface area contributed by atoms with Crippen LogP contribution in [0.1, 0.15) is 60.3 Å². The first-order valence-electron chi connectivity index (χ1n) is 11.4. The van der Waals surface area contributed by atoms with Gasteiger partial charge >= 0.3 is 5.97 Å². The number of fused-ring (bicyclic) bond motifs is 1. The summed E-state index contributed by atoms with van der Waals surface area (Å²) in [5, 5.41) is 13.9. The molecule has 172 valence electrons. The monoisotopic (exact) mass is 445 g/mol. The molecule has 6 heteroatoms. The molecular formula is C27H31N3O3. The van der Waals surface area contributed by atoms with Crippen molar-refractivity contribution in [2.24, 2.45) is 5.92 Å². The van der Waals surface area contributed by atoms with Crippen LogP contribution in [-0.2, 0) is 4.79 Å². The molecule has 1 aliphatic carbocycles. The predicted molar refractivity (Wildman–Crippen MR) is 132 cm³/mol. The highest BCUT2D eigenvalue weighted by molar-refractivity contribution is 5.94. The third-order valence-corrected chi connectivity index (χ3v) is 6.70. The number of nitrogens with zero attached hydrogens (tertiary/aromatic N) is 2. The molecule has 0 amide bonds. The van der Waals surface area contributed by atoms with Crippen molar-refractivity contribution in [2.45, 2.75) is 53.0 Å². The molecule has 1 unspecified atom stereocenters. The van der Waals surface area contributed by atoms with Crippen molar-refractivity contribution in [3.05, 3.63) is 64.5 Å². The summed E-state index contributed by atoms with van der Waals surface area (Å²) in [4.78, 5) is 20.7. The minimum atomic E-state index is -0.730. The van der Waals surface area contributed by atoms with Crippen LogP contribution in [0.2, 0.25) is 0 Å². The minimum absolute atomic E-state index is 0.0678. The van der Waals surface area contributed by atoms with E-state index < -0.39 is 5.97 Å². The van der Waals surface area contributed by atoms with Crippen LogP contribution in [0.3, 0.4) is 0 Å². The molecule has 3 aromatic rings. The Balaban J connectivity index is 1.77. The van der Waals surface area contributed by atoms with Crippen molar-refractivity contribution in [2.75, 3.05) is 12.4 Å². The lowest BCUT2D eigenvalue weighted by atomic mass is 9.86. The number of hydrogen-bond acceptors (Lipinski definition) is 5. The lowest BCUT2D eigenvalue weighted by molar-refractivity contribution is -0.141. The normalized spacial score (nSPS) is 16.9. The maximum Gasteiger partial charge on any atom is 0.306 e. The number of aliphatic carboxylic acids is 1. The molecule has 1 aromatic heterocycles. The molecule has 2 N–H and O–H groups in total. The molecule has 2 aromatic carbocycles. The number of hydrogen-bond donors (Lipinski definition) is 2. The van der Waals surface area contributed by atoms with Gasteiger partial charge in [0.15, 0.2) is 0 Å². The van der Waals surface area contributed by atoms with Gasteiger partial charge in [-0.3, -0.25) is 4.79 Å². The third kappa shape index (κ3) is 4.56. The zero-order valence-electron chi connectivity index (χ0n) is 19.9. The molecule has 1 aliphatic rings. The van der Waals surface area contributed by atoms with E-state index in [1.165, 1.54) is 16.7 Å². The van der Waals surface area contributed by atoms with Gasteiger partial charge < -0.3 is 15.2 Å². The number of methoxy groups -OCH3 is 1. The van der Waals surface area contributed by atoms with Crippen molar-refractivity contribution in [1.82, 2.24) is 9.97 Å². The summed E-state index contributed by atoms with van der Waals surface area (Å²) in [5.41, 5.74) is 6.68. The van der Waals surface area contributed by atoms with Gasteiger partial charge in [0.25, 0.3) is 0 Å². The van der Waals surface area contributed by atoms with E-state index in [1.54, 1.807) is 7.11 Å². The van der Waals surface area contributed by atoms with Gasteiger partial charge in [0, 0.05) is 17.0 Å². The molecule has 0 saturated carbocycles. The van der Waals surface area contributed by atoms with E-state index in [0.29, 0.717) is 25.1 Å². The second-order valence-electron chi connectivity index (χ2n) is 8.88. The number of aromatic nitrogens is 2. The van der Waals surface area contributed by atoms with Gasteiger partial charge in [-0.2, -0.15) is 0 Å². The SMILES string of the molecule is COc1cc2nc(C)nc(N[C@H](C)c3cccc(C)c3C)c2cc1C1=CCC(C(=O)O)CC1. The molecule has 0 aliphatic heterocycles. The number of aryl methyl sites for hydroxylation is 2. The van der Waals surface area contributed by atoms with Gasteiger partial charge in [0.2, 0.25) is 0 Å². The lowest BCUT2D eigenvalue weighted by Gasteiger charge is -2.22. The summed E-state index contributed by atoms with van der Waals surface area (Å²) in [5.74, 6) is 1.17. The maximum absolute atomic E-state index is 11.4. The Kier molecular flexibility index (Phi) is 6.36. The number of anilines is 1. The van der Waals surface area contributed by atoms with Crippen LogP contribution in [0.4, 0.5) is 5.82 Å². The number of carboxylic acids is 1. The molecule has 1 heterocycles. The Morgan fingerprint density at radius 3 is 2.67 bits per heavy atom. The largest absolute Gasteiger partial charge is 0.496 e. The number of ether oxygens (including phenoxy) is 1. The molecule has 33 heavy (non-hydrogen) atoms. The third-order valence-electron chi connectivity index (χ3n) is 6.70. The van der Waals surface area contributed by atoms with E-state index in [0.717, 1.165) is 33.6 Å². The molecule has 0 saturated heterocycles. The molecule has 0 spiro atoms. The van der Waals surface area contributed by atoms with E-state index in [9.17, 15) is 9.90 Å². The molecule has 4 rings (SSSR count). The smallest absolute Gasteiger partial charge is 0.306 e. The molecule has 0 fully saturated rings. The van der Waals surface area contributed by atoms with Crippen molar-refractivity contribution in [3.63, 3.8) is 0 Å². The summed E-state index contributed by atoms with van der Waals surface area (Å²) < 4.78 is 5.70. The second kappa shape index (κ2) is 9.22. The number of allylic oxidation sites excluding steroid dienone is 2. The zero-order chi connectivity index (χ0) is 23.7. The van der Waals surface area contributed by atoms with Crippen LogP contribution in [0.15, 0.2) is 36.4 Å². The zero-order valence-corrected chi connectivity index (χ0v) is 19.9. The number of benzene rings is 2. The summed E-state index contributed by atoms with van der Waals surface area (Å²) in [6.45, 7) is 8.31. The Morgan fingerprint density at radius 2 is 2.00 bits per heavy atom. The molecule has 0 radical (unpaired) electrons. The van der Waals surface area contributed by atoms with Crippen molar-refractivity contribution in [3.8, 4) is 5.75 Å². The molecular weight excluding hydrogens is 414 g/mol. The average molecular weight is 446 g/mol. The first-order valence-corrected chi connectivity index (χ1v) is 11.4. The number of carbonyl (C=O) groups is 1. The van der Waals surface area contributed by atoms with Gasteiger partial charge in [0.05, 0.1) is 24.6 Å². The minimum Gasteiger partial charge on any atom is -0.496 e. The van der Waals surface area contributed by atoms with E-state index in [4.69, 9.17) is 9.72 Å². The summed E-state index contributed by atoms with van der Waals surface area (Å²) in [7, 11) is 1.66. The maximum atomic E-state index is 11.4. The first kappa shape index (κ1) is 22.8. The number of nitrogens with one attached hydrogen (secondary N) is 1. The highest BCUT2D eigenvalue weighted by atomic mass is 16.5. The molecule has 2 atom stereocenters. The number of carboxylic acid groups (broad SMARTS) is 1. The highest BCUT2D eigenvalue weighted by Crippen LogP contribution is 2.39. The Labute approximate surface area is 194 Å². The average Bonchev–Trinajstić information content (AvgIpc) is 2.80. The summed E-state index contributed by atoms with van der Waals surface area (Å²) in [6, 6.07) is 10.5. The lowest BCUT2D eigenvalue weighted by Crippen LogP contribution is -2.16. The van der Waals surface area contributed by atoms with E-state index in [1.807, 2.05) is 19.1 Å². The standard InChI is InChI=1S/C27H31N3O3/c1-15-7-6-8-21(16(15)2)17(3)28-26-23-13-22(19-9-11-20(12-10-19)27(31)32)25(33-5)14-24(23)29-18(4)30-26/h6-9,13-14,17,20H,10-12H2,1-5H3,(H,31,32)(H,28,29,30)/t17-,20?/m1/s1. The Morgan fingerprint density at radius 1 is 1.21 bits per heavy atom. The molecule has 0 bridgehead atoms. The van der Waals surface area contributed by atoms with Crippen LogP contribution in [0.5, 0.6) is 5.75 Å². The topological polar surface area (TPSA) is 84.3 Å². The van der Waals surface area contributed by atoms with E-state index in [2.05, 4.69) is 55.3 Å². The summed E-state index contributed by atoms with van der Waals surface area (Å²) in [6.07, 6.45) is 3.90. The van der Waals surface area contributed by atoms with Crippen molar-refractivity contribution in [1.29, 1.82) is 0 Å². The van der Waals surface area contributed by atoms with Crippen molar-refractivity contribution >= 4 is 28.3 Å². The van der Waals surface area contributed by atoms with Crippen LogP contribution in [0.25, 0.3) is 16.5 Å². The van der Waals surface area contributed by atoms with E-state index >= 15 is 0 Å². The predicted octanol–water partition coefficient (Wildman–Crippen LogP) is 6.00. The van der Waals surface area contributed by atoms with Crippen LogP contribution in [0, 0.1) is 26.7 Å². The van der Waals surface area contributed by atoms with Crippen LogP contribution in [-0.4, -0.2) is 28.2 Å². The van der Waals surface area contributed by atoms with Crippen LogP contribution >= 0.6 is 0 Å². The van der Waals surface area contributed by atoms with Gasteiger partial charge in [-0.05, 0) is 75.3 Å². The Hall–Kier alpha value is -3.41. The highest BCUT2D eigenvalue weighted by Gasteiger charge is 2.23. The van der Waals surface area contributed by atoms with Crippen LogP contribution < -0.4 is 10.1 Å². The van der Waals surface area contributed by atoms with Gasteiger partial charge in [-0.25, -0.2) is 9.97 Å². The fourth-order valence-corrected chi connectivity index (χ4v) is 4.63. The number of rotatable bonds is 6. The van der Waals surface area contributed by atoms with Gasteiger partial charge in [-0.1, -0.05) is 24.3 Å². The fraction of sp³-hybridized carbons (Fsp3) is 0.370. The first-order chi connectivity index (χ1) is 15.8.